The Morgan fingerprint density at radius 3 is 2.54 bits per heavy atom. The lowest BCUT2D eigenvalue weighted by molar-refractivity contribution is 0.247. The molecule has 0 spiro atoms. The molecule has 0 aliphatic carbocycles. The molecule has 0 unspecified atom stereocenters. The minimum atomic E-state index is -0.106. The first-order valence-electron chi connectivity index (χ1n) is 8.49. The van der Waals surface area contributed by atoms with Crippen molar-refractivity contribution in [1.82, 2.24) is 14.3 Å². The third-order valence-electron chi connectivity index (χ3n) is 4.61. The predicted octanol–water partition coefficient (Wildman–Crippen LogP) is 3.32. The molecule has 3 aromatic rings. The van der Waals surface area contributed by atoms with Gasteiger partial charge in [0.1, 0.15) is 5.65 Å². The SMILES string of the molecule is O=c1cc(CN2CCN(c3cccc(Cl)c3)CC2)nc2ccc(Cl)cn12. The van der Waals surface area contributed by atoms with E-state index in [1.807, 2.05) is 18.2 Å². The third-order valence-corrected chi connectivity index (χ3v) is 5.07. The van der Waals surface area contributed by atoms with E-state index in [0.29, 0.717) is 17.2 Å². The molecule has 3 heterocycles. The van der Waals surface area contributed by atoms with Crippen LogP contribution in [0.1, 0.15) is 5.69 Å². The number of halogens is 2. The molecule has 4 rings (SSSR count). The van der Waals surface area contributed by atoms with E-state index in [0.717, 1.165) is 42.6 Å². The van der Waals surface area contributed by atoms with Crippen LogP contribution in [0.25, 0.3) is 5.65 Å². The van der Waals surface area contributed by atoms with Crippen molar-refractivity contribution in [1.29, 1.82) is 0 Å². The number of rotatable bonds is 3. The Balaban J connectivity index is 1.45. The van der Waals surface area contributed by atoms with Gasteiger partial charge in [0.25, 0.3) is 5.56 Å². The number of piperazine rings is 1. The Morgan fingerprint density at radius 2 is 1.77 bits per heavy atom. The monoisotopic (exact) mass is 388 g/mol. The van der Waals surface area contributed by atoms with E-state index in [4.69, 9.17) is 23.2 Å². The second-order valence-electron chi connectivity index (χ2n) is 6.40. The van der Waals surface area contributed by atoms with Crippen LogP contribution in [0.5, 0.6) is 0 Å². The molecule has 1 fully saturated rings. The average molecular weight is 389 g/mol. The Hall–Kier alpha value is -2.08. The average Bonchev–Trinajstić information content (AvgIpc) is 2.63. The number of hydrogen-bond donors (Lipinski definition) is 0. The summed E-state index contributed by atoms with van der Waals surface area (Å²) in [4.78, 5) is 21.5. The van der Waals surface area contributed by atoms with Crippen molar-refractivity contribution in [2.24, 2.45) is 0 Å². The Labute approximate surface area is 161 Å². The second-order valence-corrected chi connectivity index (χ2v) is 7.28. The first kappa shape index (κ1) is 17.3. The molecule has 1 saturated heterocycles. The molecule has 134 valence electrons. The van der Waals surface area contributed by atoms with E-state index in [9.17, 15) is 4.79 Å². The highest BCUT2D eigenvalue weighted by Crippen LogP contribution is 2.21. The zero-order valence-corrected chi connectivity index (χ0v) is 15.6. The maximum atomic E-state index is 12.3. The molecule has 0 amide bonds. The Kier molecular flexibility index (Phi) is 4.85. The number of aromatic nitrogens is 2. The molecular weight excluding hydrogens is 371 g/mol. The second kappa shape index (κ2) is 7.27. The van der Waals surface area contributed by atoms with Crippen LogP contribution in [-0.2, 0) is 6.54 Å². The Bertz CT molecular complexity index is 996. The van der Waals surface area contributed by atoms with Crippen LogP contribution in [0.4, 0.5) is 5.69 Å². The van der Waals surface area contributed by atoms with Crippen LogP contribution >= 0.6 is 23.2 Å². The quantitative estimate of drug-likeness (QED) is 0.689. The third kappa shape index (κ3) is 3.70. The molecule has 7 heteroatoms. The topological polar surface area (TPSA) is 40.9 Å². The summed E-state index contributed by atoms with van der Waals surface area (Å²) in [5, 5.41) is 1.28. The van der Waals surface area contributed by atoms with Crippen LogP contribution in [0.3, 0.4) is 0 Å². The van der Waals surface area contributed by atoms with Gasteiger partial charge in [-0.1, -0.05) is 29.3 Å². The van der Waals surface area contributed by atoms with Gasteiger partial charge >= 0.3 is 0 Å². The van der Waals surface area contributed by atoms with Crippen LogP contribution in [0.2, 0.25) is 10.0 Å². The van der Waals surface area contributed by atoms with Crippen molar-refractivity contribution in [2.75, 3.05) is 31.1 Å². The van der Waals surface area contributed by atoms with Crippen LogP contribution in [0.15, 0.2) is 53.5 Å². The lowest BCUT2D eigenvalue weighted by Gasteiger charge is -2.36. The number of benzene rings is 1. The summed E-state index contributed by atoms with van der Waals surface area (Å²) in [6.45, 7) is 4.32. The van der Waals surface area contributed by atoms with E-state index in [1.54, 1.807) is 24.4 Å². The summed E-state index contributed by atoms with van der Waals surface area (Å²) < 4.78 is 1.48. The smallest absolute Gasteiger partial charge is 0.258 e. The summed E-state index contributed by atoms with van der Waals surface area (Å²) in [5.41, 5.74) is 2.45. The summed E-state index contributed by atoms with van der Waals surface area (Å²) in [7, 11) is 0. The van der Waals surface area contributed by atoms with Gasteiger partial charge in [-0.05, 0) is 30.3 Å². The molecule has 0 atom stereocenters. The molecule has 0 bridgehead atoms. The molecule has 1 aromatic carbocycles. The summed E-state index contributed by atoms with van der Waals surface area (Å²) in [6.07, 6.45) is 1.60. The first-order chi connectivity index (χ1) is 12.6. The van der Waals surface area contributed by atoms with Crippen molar-refractivity contribution < 1.29 is 0 Å². The molecule has 1 aliphatic rings. The molecule has 0 N–H and O–H groups in total. The molecule has 0 radical (unpaired) electrons. The summed E-state index contributed by atoms with van der Waals surface area (Å²) >= 11 is 12.0. The van der Waals surface area contributed by atoms with Crippen LogP contribution in [-0.4, -0.2) is 40.5 Å². The van der Waals surface area contributed by atoms with Gasteiger partial charge < -0.3 is 4.90 Å². The first-order valence-corrected chi connectivity index (χ1v) is 9.25. The fourth-order valence-corrected chi connectivity index (χ4v) is 3.62. The van der Waals surface area contributed by atoms with Crippen molar-refractivity contribution in [3.8, 4) is 0 Å². The molecule has 2 aromatic heterocycles. The maximum absolute atomic E-state index is 12.3. The van der Waals surface area contributed by atoms with E-state index < -0.39 is 0 Å². The Morgan fingerprint density at radius 1 is 0.962 bits per heavy atom. The molecule has 0 saturated carbocycles. The van der Waals surface area contributed by atoms with E-state index >= 15 is 0 Å². The zero-order valence-electron chi connectivity index (χ0n) is 14.1. The van der Waals surface area contributed by atoms with Crippen molar-refractivity contribution in [3.05, 3.63) is 74.8 Å². The number of pyridine rings is 1. The number of anilines is 1. The highest BCUT2D eigenvalue weighted by Gasteiger charge is 2.18. The highest BCUT2D eigenvalue weighted by molar-refractivity contribution is 6.31. The van der Waals surface area contributed by atoms with Gasteiger partial charge in [-0.2, -0.15) is 0 Å². The maximum Gasteiger partial charge on any atom is 0.258 e. The molecule has 1 aliphatic heterocycles. The lowest BCUT2D eigenvalue weighted by atomic mass is 10.2. The minimum Gasteiger partial charge on any atom is -0.369 e. The molecule has 26 heavy (non-hydrogen) atoms. The number of nitrogens with zero attached hydrogens (tertiary/aromatic N) is 4. The van der Waals surface area contributed by atoms with Gasteiger partial charge in [0.2, 0.25) is 0 Å². The van der Waals surface area contributed by atoms with Crippen molar-refractivity contribution in [3.63, 3.8) is 0 Å². The number of hydrogen-bond acceptors (Lipinski definition) is 4. The van der Waals surface area contributed by atoms with E-state index in [1.165, 1.54) is 4.40 Å². The van der Waals surface area contributed by atoms with Crippen LogP contribution in [0, 0.1) is 0 Å². The van der Waals surface area contributed by atoms with Gasteiger partial charge in [-0.25, -0.2) is 4.98 Å². The van der Waals surface area contributed by atoms with Gasteiger partial charge in [0.15, 0.2) is 0 Å². The largest absolute Gasteiger partial charge is 0.369 e. The molecular formula is C19H18Cl2N4O. The number of fused-ring (bicyclic) bond motifs is 1. The fourth-order valence-electron chi connectivity index (χ4n) is 3.27. The summed E-state index contributed by atoms with van der Waals surface area (Å²) in [6, 6.07) is 13.0. The summed E-state index contributed by atoms with van der Waals surface area (Å²) in [5.74, 6) is 0. The van der Waals surface area contributed by atoms with E-state index in [2.05, 4.69) is 20.9 Å². The van der Waals surface area contributed by atoms with Crippen molar-refractivity contribution in [2.45, 2.75) is 6.54 Å². The standard InChI is InChI=1S/C19H18Cl2N4O/c20-14-2-1-3-17(10-14)24-8-6-23(7-9-24)13-16-11-19(26)25-12-15(21)4-5-18(25)22-16/h1-5,10-12H,6-9,13H2. The fraction of sp³-hybridized carbons (Fsp3) is 0.263. The normalized spacial score (nSPS) is 15.5. The van der Waals surface area contributed by atoms with Gasteiger partial charge in [0.05, 0.1) is 10.7 Å². The van der Waals surface area contributed by atoms with Gasteiger partial charge in [-0.15, -0.1) is 0 Å². The van der Waals surface area contributed by atoms with Gasteiger partial charge in [-0.3, -0.25) is 14.1 Å². The molecule has 5 nitrogen and oxygen atoms in total. The predicted molar refractivity (Wildman–Crippen MR) is 105 cm³/mol. The lowest BCUT2D eigenvalue weighted by Crippen LogP contribution is -2.46. The van der Waals surface area contributed by atoms with Gasteiger partial charge in [0, 0.05) is 55.7 Å². The van der Waals surface area contributed by atoms with Crippen LogP contribution < -0.4 is 10.5 Å². The van der Waals surface area contributed by atoms with E-state index in [-0.39, 0.29) is 5.56 Å². The zero-order chi connectivity index (χ0) is 18.1. The van der Waals surface area contributed by atoms with Crippen molar-refractivity contribution >= 4 is 34.5 Å². The highest BCUT2D eigenvalue weighted by atomic mass is 35.5. The minimum absolute atomic E-state index is 0.106.